The van der Waals surface area contributed by atoms with Gasteiger partial charge >= 0.3 is 0 Å². The largest absolute Gasteiger partial charge is 0.361 e. The maximum absolute atomic E-state index is 11.9. The van der Waals surface area contributed by atoms with E-state index in [4.69, 9.17) is 0 Å². The maximum Gasteiger partial charge on any atom is 0.167 e. The van der Waals surface area contributed by atoms with Gasteiger partial charge in [-0.1, -0.05) is 39.7 Å². The number of likely N-dealkylation sites (N-methyl/N-ethyl adjacent to an activating group) is 1. The van der Waals surface area contributed by atoms with E-state index < -0.39 is 9.84 Å². The minimum atomic E-state index is -3.11. The number of nitrogens with zero attached hydrogens (tertiary/aromatic N) is 1. The van der Waals surface area contributed by atoms with Gasteiger partial charge in [0.2, 0.25) is 0 Å². The second-order valence-electron chi connectivity index (χ2n) is 6.73. The van der Waals surface area contributed by atoms with Crippen LogP contribution in [-0.2, 0) is 22.0 Å². The van der Waals surface area contributed by atoms with Gasteiger partial charge in [0.25, 0.3) is 0 Å². The normalized spacial score (nSPS) is 11.6. The highest BCUT2D eigenvalue weighted by molar-refractivity contribution is 7.90. The molecule has 0 spiro atoms. The van der Waals surface area contributed by atoms with E-state index in [0.717, 1.165) is 36.0 Å². The summed E-state index contributed by atoms with van der Waals surface area (Å²) in [5.41, 5.74) is 3.14. The second-order valence-corrected chi connectivity index (χ2v) is 8.79. The molecule has 2 aromatic rings. The molecule has 0 bridgehead atoms. The van der Waals surface area contributed by atoms with E-state index in [1.165, 1.54) is 18.4 Å². The number of nitrogens with one attached hydrogen (secondary N) is 2. The maximum atomic E-state index is 11.9. The van der Waals surface area contributed by atoms with Crippen LogP contribution in [0, 0.1) is 0 Å². The van der Waals surface area contributed by atoms with Crippen LogP contribution >= 0.6 is 0 Å². The first-order valence-corrected chi connectivity index (χ1v) is 11.3. The van der Waals surface area contributed by atoms with Gasteiger partial charge in [-0.05, 0) is 50.3 Å². The molecule has 0 aliphatic rings. The first kappa shape index (κ1) is 22.7. The monoisotopic (exact) mass is 381 g/mol. The van der Waals surface area contributed by atoms with Gasteiger partial charge in [-0.3, -0.25) is 0 Å². The second kappa shape index (κ2) is 11.4. The fraction of sp³-hybridized carbons (Fsp3) is 0.600. The molecule has 0 radical (unpaired) electrons. The summed E-state index contributed by atoms with van der Waals surface area (Å²) in [5, 5.41) is 3.84. The third-order valence-electron chi connectivity index (χ3n) is 4.39. The molecule has 0 amide bonds. The molecule has 0 saturated carbocycles. The molecule has 0 unspecified atom stereocenters. The molecule has 0 fully saturated rings. The van der Waals surface area contributed by atoms with Gasteiger partial charge in [0, 0.05) is 23.6 Å². The lowest BCUT2D eigenvalue weighted by molar-refractivity contribution is 0.358. The number of aromatic nitrogens is 1. The topological polar surface area (TPSA) is 65.2 Å². The molecule has 5 nitrogen and oxygen atoms in total. The van der Waals surface area contributed by atoms with Crippen LogP contribution in [0.2, 0.25) is 0 Å². The molecule has 1 heterocycles. The van der Waals surface area contributed by atoms with E-state index >= 15 is 0 Å². The van der Waals surface area contributed by atoms with Crippen molar-refractivity contribution in [1.82, 2.24) is 15.2 Å². The number of hydrogen-bond acceptors (Lipinski definition) is 4. The number of hydrogen-bond donors (Lipinski definition) is 2. The lowest BCUT2D eigenvalue weighted by atomic mass is 10.1. The summed E-state index contributed by atoms with van der Waals surface area (Å²) in [7, 11) is 0.641. The predicted octanol–water partition coefficient (Wildman–Crippen LogP) is 3.56. The first-order chi connectivity index (χ1) is 12.4. The molecular weight excluding hydrogens is 346 g/mol. The Morgan fingerprint density at radius 1 is 1.15 bits per heavy atom. The average molecular weight is 382 g/mol. The molecular formula is C20H35N3O2S. The van der Waals surface area contributed by atoms with Crippen molar-refractivity contribution in [3.63, 3.8) is 0 Å². The van der Waals surface area contributed by atoms with Gasteiger partial charge in [0.05, 0.1) is 11.6 Å². The highest BCUT2D eigenvalue weighted by Gasteiger charge is 2.12. The number of benzene rings is 1. The lowest BCUT2D eigenvalue weighted by Gasteiger charge is -2.12. The Balaban J connectivity index is 0.000000765. The van der Waals surface area contributed by atoms with Crippen molar-refractivity contribution in [3.8, 4) is 0 Å². The van der Waals surface area contributed by atoms with Crippen molar-refractivity contribution in [1.29, 1.82) is 0 Å². The molecule has 0 atom stereocenters. The van der Waals surface area contributed by atoms with Crippen LogP contribution in [0.5, 0.6) is 0 Å². The Morgan fingerprint density at radius 2 is 1.85 bits per heavy atom. The van der Waals surface area contributed by atoms with Gasteiger partial charge < -0.3 is 15.2 Å². The quantitative estimate of drug-likeness (QED) is 0.697. The van der Waals surface area contributed by atoms with Crippen LogP contribution in [-0.4, -0.2) is 51.4 Å². The zero-order chi connectivity index (χ0) is 19.6. The standard InChI is InChI=1S/C16H25N3O2S.C4H10/c1-4-19(3)8-7-14-10-18-16-6-5-13(9-15(14)16)11-22(20,21)12-17-2;1-3-4-2/h5-6,9-10,17-18H,4,7-8,11-12H2,1-3H3;3-4H2,1-2H3. The van der Waals surface area contributed by atoms with Crippen LogP contribution in [0.3, 0.4) is 0 Å². The minimum Gasteiger partial charge on any atom is -0.361 e. The summed E-state index contributed by atoms with van der Waals surface area (Å²) in [4.78, 5) is 5.53. The van der Waals surface area contributed by atoms with Crippen LogP contribution in [0.25, 0.3) is 10.9 Å². The molecule has 0 saturated heterocycles. The summed E-state index contributed by atoms with van der Waals surface area (Å²) in [6.45, 7) is 8.52. The Kier molecular flexibility index (Phi) is 9.91. The minimum absolute atomic E-state index is 0.00628. The number of aromatic amines is 1. The molecule has 0 aliphatic carbocycles. The summed E-state index contributed by atoms with van der Waals surface area (Å²) in [6, 6.07) is 5.85. The molecule has 2 N–H and O–H groups in total. The highest BCUT2D eigenvalue weighted by atomic mass is 32.2. The average Bonchev–Trinajstić information content (AvgIpc) is 3.01. The van der Waals surface area contributed by atoms with Crippen molar-refractivity contribution in [2.45, 2.75) is 45.8 Å². The predicted molar refractivity (Wildman–Crippen MR) is 112 cm³/mol. The van der Waals surface area contributed by atoms with Crippen molar-refractivity contribution in [2.75, 3.05) is 33.1 Å². The molecule has 148 valence electrons. The summed E-state index contributed by atoms with van der Waals surface area (Å²) in [5.74, 6) is 0.0790. The number of fused-ring (bicyclic) bond motifs is 1. The molecule has 26 heavy (non-hydrogen) atoms. The molecule has 6 heteroatoms. The Bertz CT molecular complexity index is 752. The zero-order valence-corrected chi connectivity index (χ0v) is 17.7. The summed E-state index contributed by atoms with van der Waals surface area (Å²) in [6.07, 6.45) is 5.62. The first-order valence-electron chi connectivity index (χ1n) is 9.49. The van der Waals surface area contributed by atoms with E-state index in [2.05, 4.69) is 43.0 Å². The van der Waals surface area contributed by atoms with Crippen molar-refractivity contribution in [3.05, 3.63) is 35.5 Å². The number of H-pyrrole nitrogens is 1. The van der Waals surface area contributed by atoms with E-state index in [9.17, 15) is 8.42 Å². The van der Waals surface area contributed by atoms with E-state index in [1.54, 1.807) is 7.05 Å². The highest BCUT2D eigenvalue weighted by Crippen LogP contribution is 2.21. The van der Waals surface area contributed by atoms with Crippen molar-refractivity contribution >= 4 is 20.7 Å². The zero-order valence-electron chi connectivity index (χ0n) is 16.9. The van der Waals surface area contributed by atoms with Crippen LogP contribution in [0.1, 0.15) is 44.7 Å². The molecule has 1 aromatic heterocycles. The summed E-state index contributed by atoms with van der Waals surface area (Å²) < 4.78 is 23.9. The van der Waals surface area contributed by atoms with Crippen LogP contribution < -0.4 is 5.32 Å². The Morgan fingerprint density at radius 3 is 2.42 bits per heavy atom. The molecule has 1 aromatic carbocycles. The van der Waals surface area contributed by atoms with Gasteiger partial charge in [-0.25, -0.2) is 8.42 Å². The number of sulfone groups is 1. The third kappa shape index (κ3) is 7.48. The third-order valence-corrected chi connectivity index (χ3v) is 5.89. The van der Waals surface area contributed by atoms with Gasteiger partial charge in [-0.2, -0.15) is 0 Å². The van der Waals surface area contributed by atoms with Crippen molar-refractivity contribution in [2.24, 2.45) is 0 Å². The lowest BCUT2D eigenvalue weighted by Crippen LogP contribution is -2.20. The summed E-state index contributed by atoms with van der Waals surface area (Å²) >= 11 is 0. The Hall–Kier alpha value is -1.37. The van der Waals surface area contributed by atoms with Gasteiger partial charge in [-0.15, -0.1) is 0 Å². The molecule has 0 aliphatic heterocycles. The number of rotatable bonds is 9. The van der Waals surface area contributed by atoms with E-state index in [-0.39, 0.29) is 11.6 Å². The number of unbranched alkanes of at least 4 members (excludes halogenated alkanes) is 1. The van der Waals surface area contributed by atoms with Gasteiger partial charge in [0.1, 0.15) is 0 Å². The SMILES string of the molecule is CCCC.CCN(C)CCc1c[nH]c2ccc(CS(=O)(=O)CNC)cc12. The fourth-order valence-electron chi connectivity index (χ4n) is 2.52. The fourth-order valence-corrected chi connectivity index (χ4v) is 3.75. The van der Waals surface area contributed by atoms with Crippen LogP contribution in [0.15, 0.2) is 24.4 Å². The van der Waals surface area contributed by atoms with Crippen molar-refractivity contribution < 1.29 is 8.42 Å². The van der Waals surface area contributed by atoms with E-state index in [0.29, 0.717) is 0 Å². The smallest absolute Gasteiger partial charge is 0.167 e. The van der Waals surface area contributed by atoms with Gasteiger partial charge in [0.15, 0.2) is 9.84 Å². The Labute approximate surface area is 159 Å². The molecule has 2 rings (SSSR count). The van der Waals surface area contributed by atoms with E-state index in [1.807, 2.05) is 24.4 Å². The van der Waals surface area contributed by atoms with Crippen LogP contribution in [0.4, 0.5) is 0 Å².